The Morgan fingerprint density at radius 1 is 0.589 bits per heavy atom. The van der Waals surface area contributed by atoms with Crippen LogP contribution in [0.4, 0.5) is 0 Å². The van der Waals surface area contributed by atoms with E-state index in [2.05, 4.69) is 68.5 Å². The molecule has 11 heteroatoms. The molecule has 0 aliphatic rings. The number of phosphoric ester groups is 1. The number of carbonyl (C=O) groups excluding carboxylic acids is 3. The van der Waals surface area contributed by atoms with Crippen molar-refractivity contribution in [3.63, 3.8) is 0 Å². The van der Waals surface area contributed by atoms with E-state index in [4.69, 9.17) is 24.3 Å². The molecule has 0 aliphatic heterocycles. The van der Waals surface area contributed by atoms with E-state index in [1.54, 1.807) is 12.2 Å². The number of ether oxygens (including phenoxy) is 2. The van der Waals surface area contributed by atoms with Crippen LogP contribution in [0.1, 0.15) is 149 Å². The maximum Gasteiger partial charge on any atom is 0.472 e. The average Bonchev–Trinajstić information content (AvgIpc) is 3.18. The van der Waals surface area contributed by atoms with Crippen molar-refractivity contribution in [3.8, 4) is 0 Å². The molecule has 0 aromatic rings. The zero-order chi connectivity index (χ0) is 41.2. The smallest absolute Gasteiger partial charge is 0.462 e. The molecule has 0 aliphatic carbocycles. The predicted octanol–water partition coefficient (Wildman–Crippen LogP) is 11.2. The van der Waals surface area contributed by atoms with Gasteiger partial charge in [0.1, 0.15) is 6.61 Å². The number of unbranched alkanes of at least 4 members (excludes halogenated alkanes) is 10. The van der Waals surface area contributed by atoms with Crippen molar-refractivity contribution in [1.82, 2.24) is 0 Å². The lowest BCUT2D eigenvalue weighted by Gasteiger charge is -2.19. The third-order valence-electron chi connectivity index (χ3n) is 8.24. The number of rotatable bonds is 38. The molecule has 0 spiro atoms. The molecule has 10 nitrogen and oxygen atoms in total. The molecule has 2 atom stereocenters. The highest BCUT2D eigenvalue weighted by Crippen LogP contribution is 2.43. The standard InChI is InChI=1S/C45H74NO9P/c1-3-5-7-9-11-12-13-14-15-16-17-18-19-20-21-22-24-28-32-36-44(48)52-40-43(41-54-56(50,51)53-39-38-46)55-45(49)37-33-29-25-27-31-35-42(47)34-30-26-23-10-8-6-4-2/h11-12,14-15,17-18,20-21,23-24,26,28,30,34,43H,3-10,13,16,19,22,25,27,29,31-33,35-41,46H2,1-2H3,(H,50,51)/b12-11-,15-14-,18-17-,21-20-,26-23-,28-24-,34-30+/t43-/m1/s1. The van der Waals surface area contributed by atoms with E-state index in [-0.39, 0.29) is 38.4 Å². The summed E-state index contributed by atoms with van der Waals surface area (Å²) in [4.78, 5) is 46.8. The van der Waals surface area contributed by atoms with E-state index in [0.717, 1.165) is 57.8 Å². The fourth-order valence-electron chi connectivity index (χ4n) is 5.07. The molecular weight excluding hydrogens is 729 g/mol. The predicted molar refractivity (Wildman–Crippen MR) is 229 cm³/mol. The molecule has 0 aromatic carbocycles. The minimum atomic E-state index is -4.43. The molecule has 0 rings (SSSR count). The van der Waals surface area contributed by atoms with Gasteiger partial charge in [0, 0.05) is 25.8 Å². The summed E-state index contributed by atoms with van der Waals surface area (Å²) in [6.07, 6.45) is 45.9. The van der Waals surface area contributed by atoms with Gasteiger partial charge in [0.15, 0.2) is 11.9 Å². The van der Waals surface area contributed by atoms with Gasteiger partial charge in [-0.2, -0.15) is 0 Å². The monoisotopic (exact) mass is 804 g/mol. The lowest BCUT2D eigenvalue weighted by molar-refractivity contribution is -0.161. The Kier molecular flexibility index (Phi) is 37.8. The summed E-state index contributed by atoms with van der Waals surface area (Å²) in [6.45, 7) is 3.40. The van der Waals surface area contributed by atoms with E-state index in [1.165, 1.54) is 44.9 Å². The number of esters is 2. The highest BCUT2D eigenvalue weighted by Gasteiger charge is 2.25. The fourth-order valence-corrected chi connectivity index (χ4v) is 5.83. The summed E-state index contributed by atoms with van der Waals surface area (Å²) in [6, 6.07) is 0. The first-order valence-corrected chi connectivity index (χ1v) is 22.5. The summed E-state index contributed by atoms with van der Waals surface area (Å²) >= 11 is 0. The van der Waals surface area contributed by atoms with E-state index in [1.807, 2.05) is 18.2 Å². The molecule has 0 saturated heterocycles. The second-order valence-corrected chi connectivity index (χ2v) is 15.0. The van der Waals surface area contributed by atoms with Crippen LogP contribution in [-0.2, 0) is 37.5 Å². The van der Waals surface area contributed by atoms with Crippen LogP contribution in [0.3, 0.4) is 0 Å². The second-order valence-electron chi connectivity index (χ2n) is 13.5. The quantitative estimate of drug-likeness (QED) is 0.0154. The van der Waals surface area contributed by atoms with Gasteiger partial charge in [0.05, 0.1) is 13.2 Å². The molecule has 0 heterocycles. The molecule has 318 valence electrons. The average molecular weight is 804 g/mol. The van der Waals surface area contributed by atoms with Gasteiger partial charge in [-0.25, -0.2) is 4.57 Å². The second kappa shape index (κ2) is 40.1. The molecule has 0 aromatic heterocycles. The minimum absolute atomic E-state index is 0.0200. The first-order valence-electron chi connectivity index (χ1n) is 21.0. The van der Waals surface area contributed by atoms with Crippen LogP contribution < -0.4 is 5.73 Å². The van der Waals surface area contributed by atoms with Gasteiger partial charge in [0.25, 0.3) is 0 Å². The molecule has 0 saturated carbocycles. The molecule has 0 bridgehead atoms. The van der Waals surface area contributed by atoms with Crippen molar-refractivity contribution in [1.29, 1.82) is 0 Å². The first kappa shape index (κ1) is 52.9. The number of carbonyl (C=O) groups is 3. The van der Waals surface area contributed by atoms with Crippen molar-refractivity contribution in [2.24, 2.45) is 5.73 Å². The minimum Gasteiger partial charge on any atom is -0.462 e. The number of phosphoric acid groups is 1. The van der Waals surface area contributed by atoms with Crippen LogP contribution in [0.5, 0.6) is 0 Å². The number of allylic oxidation sites excluding steroid dienone is 14. The van der Waals surface area contributed by atoms with Crippen LogP contribution in [0.15, 0.2) is 85.1 Å². The van der Waals surface area contributed by atoms with Crippen molar-refractivity contribution in [2.75, 3.05) is 26.4 Å². The number of hydrogen-bond acceptors (Lipinski definition) is 9. The maximum absolute atomic E-state index is 12.6. The summed E-state index contributed by atoms with van der Waals surface area (Å²) in [5, 5.41) is 0. The van der Waals surface area contributed by atoms with Gasteiger partial charge in [-0.1, -0.05) is 138 Å². The Morgan fingerprint density at radius 2 is 1.12 bits per heavy atom. The van der Waals surface area contributed by atoms with Gasteiger partial charge in [-0.3, -0.25) is 23.4 Å². The number of nitrogens with two attached hydrogens (primary N) is 1. The molecular formula is C45H74NO9P. The Morgan fingerprint density at radius 3 is 1.71 bits per heavy atom. The van der Waals surface area contributed by atoms with Crippen LogP contribution in [-0.4, -0.2) is 55.1 Å². The van der Waals surface area contributed by atoms with E-state index in [0.29, 0.717) is 19.3 Å². The summed E-state index contributed by atoms with van der Waals surface area (Å²) in [7, 11) is -4.43. The molecule has 0 amide bonds. The van der Waals surface area contributed by atoms with E-state index in [9.17, 15) is 23.8 Å². The maximum atomic E-state index is 12.6. The van der Waals surface area contributed by atoms with Gasteiger partial charge in [-0.15, -0.1) is 0 Å². The van der Waals surface area contributed by atoms with Crippen molar-refractivity contribution in [3.05, 3.63) is 85.1 Å². The molecule has 1 unspecified atom stereocenters. The van der Waals surface area contributed by atoms with Crippen LogP contribution in [0.25, 0.3) is 0 Å². The zero-order valence-corrected chi connectivity index (χ0v) is 35.5. The fraction of sp³-hybridized carbons (Fsp3) is 0.622. The van der Waals surface area contributed by atoms with Crippen molar-refractivity contribution < 1.29 is 42.4 Å². The van der Waals surface area contributed by atoms with Crippen LogP contribution in [0.2, 0.25) is 0 Å². The lowest BCUT2D eigenvalue weighted by Crippen LogP contribution is -2.29. The van der Waals surface area contributed by atoms with Crippen LogP contribution >= 0.6 is 7.82 Å². The molecule has 0 radical (unpaired) electrons. The van der Waals surface area contributed by atoms with Gasteiger partial charge in [-0.05, 0) is 76.7 Å². The Bertz CT molecular complexity index is 1250. The highest BCUT2D eigenvalue weighted by atomic mass is 31.2. The topological polar surface area (TPSA) is 151 Å². The normalized spacial score (nSPS) is 14.1. The summed E-state index contributed by atoms with van der Waals surface area (Å²) < 4.78 is 32.6. The summed E-state index contributed by atoms with van der Waals surface area (Å²) in [5.74, 6) is -0.919. The van der Waals surface area contributed by atoms with Gasteiger partial charge < -0.3 is 20.1 Å². The van der Waals surface area contributed by atoms with Crippen molar-refractivity contribution in [2.45, 2.75) is 155 Å². The lowest BCUT2D eigenvalue weighted by atomic mass is 10.1. The largest absolute Gasteiger partial charge is 0.472 e. The van der Waals surface area contributed by atoms with E-state index >= 15 is 0 Å². The number of ketones is 1. The van der Waals surface area contributed by atoms with E-state index < -0.39 is 32.5 Å². The van der Waals surface area contributed by atoms with Crippen molar-refractivity contribution >= 4 is 25.5 Å². The van der Waals surface area contributed by atoms with Gasteiger partial charge in [0.2, 0.25) is 0 Å². The summed E-state index contributed by atoms with van der Waals surface area (Å²) in [5.41, 5.74) is 5.33. The van der Waals surface area contributed by atoms with Gasteiger partial charge >= 0.3 is 19.8 Å². The Labute approximate surface area is 339 Å². The molecule has 56 heavy (non-hydrogen) atoms. The first-order chi connectivity index (χ1) is 27.2. The SMILES string of the molecule is CCCCC/C=C\C=C\C(=O)CCCCCCCC(=O)O[C@H](COC(=O)CC/C=C\C/C=C\C/C=C\C/C=C\C/C=C\CCCCC)COP(=O)(O)OCCN. The number of hydrogen-bond donors (Lipinski definition) is 2. The Hall–Kier alpha value is -3.14. The third-order valence-corrected chi connectivity index (χ3v) is 9.23. The molecule has 3 N–H and O–H groups in total. The molecule has 0 fully saturated rings. The highest BCUT2D eigenvalue weighted by molar-refractivity contribution is 7.47. The Balaban J connectivity index is 4.40. The third kappa shape index (κ3) is 39.1. The van der Waals surface area contributed by atoms with Crippen LogP contribution in [0, 0.1) is 0 Å². The zero-order valence-electron chi connectivity index (χ0n) is 34.6.